The molecule has 1 aliphatic heterocycles. The van der Waals surface area contributed by atoms with Crippen LogP contribution in [0.4, 0.5) is 0 Å². The topological polar surface area (TPSA) is 64.8 Å². The molecule has 116 valence electrons. The maximum absolute atomic E-state index is 12.3. The molecule has 1 saturated heterocycles. The molecular formula is C16H24N2O3. The standard InChI is InChI=1S/C16H24N2O3/c1-18(16(19)15-8-7-13(11-17)21-15)10-9-12-5-3-4-6-14(12)20-2/h3-6,13,15H,7-11,17H2,1-2H3/t13-,15+/m1/s1. The van der Waals surface area contributed by atoms with Crippen LogP contribution in [0.15, 0.2) is 24.3 Å². The van der Waals surface area contributed by atoms with E-state index in [1.165, 1.54) is 0 Å². The van der Waals surface area contributed by atoms with Gasteiger partial charge in [0.1, 0.15) is 11.9 Å². The van der Waals surface area contributed by atoms with Gasteiger partial charge in [-0.2, -0.15) is 0 Å². The Labute approximate surface area is 126 Å². The van der Waals surface area contributed by atoms with Crippen molar-refractivity contribution in [3.63, 3.8) is 0 Å². The Morgan fingerprint density at radius 2 is 2.19 bits per heavy atom. The molecule has 0 spiro atoms. The van der Waals surface area contributed by atoms with Crippen LogP contribution in [-0.4, -0.2) is 50.3 Å². The fourth-order valence-electron chi connectivity index (χ4n) is 2.61. The zero-order chi connectivity index (χ0) is 15.2. The Bertz CT molecular complexity index is 478. The van der Waals surface area contributed by atoms with Crippen molar-refractivity contribution in [1.82, 2.24) is 4.90 Å². The molecule has 0 aliphatic carbocycles. The van der Waals surface area contributed by atoms with Crippen molar-refractivity contribution < 1.29 is 14.3 Å². The highest BCUT2D eigenvalue weighted by atomic mass is 16.5. The molecule has 1 fully saturated rings. The summed E-state index contributed by atoms with van der Waals surface area (Å²) < 4.78 is 11.0. The van der Waals surface area contributed by atoms with Gasteiger partial charge < -0.3 is 20.1 Å². The van der Waals surface area contributed by atoms with Gasteiger partial charge in [-0.15, -0.1) is 0 Å². The van der Waals surface area contributed by atoms with Crippen molar-refractivity contribution in [3.8, 4) is 5.75 Å². The number of ether oxygens (including phenoxy) is 2. The third-order valence-electron chi connectivity index (χ3n) is 3.93. The lowest BCUT2D eigenvalue weighted by Crippen LogP contribution is -2.38. The summed E-state index contributed by atoms with van der Waals surface area (Å²) in [4.78, 5) is 14.0. The molecule has 1 aromatic rings. The second kappa shape index (κ2) is 7.43. The van der Waals surface area contributed by atoms with E-state index in [-0.39, 0.29) is 18.1 Å². The highest BCUT2D eigenvalue weighted by Crippen LogP contribution is 2.21. The monoisotopic (exact) mass is 292 g/mol. The quantitative estimate of drug-likeness (QED) is 0.856. The van der Waals surface area contributed by atoms with Gasteiger partial charge in [0.25, 0.3) is 5.91 Å². The first-order valence-electron chi connectivity index (χ1n) is 7.38. The summed E-state index contributed by atoms with van der Waals surface area (Å²) >= 11 is 0. The second-order valence-corrected chi connectivity index (χ2v) is 5.38. The number of nitrogens with zero attached hydrogens (tertiary/aromatic N) is 1. The number of carbonyl (C=O) groups excluding carboxylic acids is 1. The molecule has 2 atom stereocenters. The van der Waals surface area contributed by atoms with E-state index < -0.39 is 0 Å². The predicted molar refractivity (Wildman–Crippen MR) is 81.3 cm³/mol. The maximum atomic E-state index is 12.3. The molecule has 0 radical (unpaired) electrons. The largest absolute Gasteiger partial charge is 0.496 e. The molecule has 1 amide bonds. The van der Waals surface area contributed by atoms with Crippen molar-refractivity contribution in [2.24, 2.45) is 5.73 Å². The van der Waals surface area contributed by atoms with E-state index in [9.17, 15) is 4.79 Å². The Balaban J connectivity index is 1.87. The molecule has 5 nitrogen and oxygen atoms in total. The number of carbonyl (C=O) groups is 1. The Morgan fingerprint density at radius 1 is 1.43 bits per heavy atom. The lowest BCUT2D eigenvalue weighted by molar-refractivity contribution is -0.141. The molecule has 0 bridgehead atoms. The maximum Gasteiger partial charge on any atom is 0.251 e. The minimum atomic E-state index is -0.332. The molecule has 0 saturated carbocycles. The van der Waals surface area contributed by atoms with E-state index in [0.29, 0.717) is 13.1 Å². The first kappa shape index (κ1) is 15.8. The molecule has 0 aromatic heterocycles. The summed E-state index contributed by atoms with van der Waals surface area (Å²) in [7, 11) is 3.48. The SMILES string of the molecule is COc1ccccc1CCN(C)C(=O)[C@@H]1CC[C@H](CN)O1. The molecule has 1 aromatic carbocycles. The summed E-state index contributed by atoms with van der Waals surface area (Å²) in [5.41, 5.74) is 6.68. The minimum Gasteiger partial charge on any atom is -0.496 e. The molecule has 1 heterocycles. The molecule has 5 heteroatoms. The van der Waals surface area contributed by atoms with Crippen LogP contribution in [0.2, 0.25) is 0 Å². The van der Waals surface area contributed by atoms with E-state index in [1.807, 2.05) is 31.3 Å². The van der Waals surface area contributed by atoms with Gasteiger partial charge in [0.2, 0.25) is 0 Å². The van der Waals surface area contributed by atoms with E-state index in [4.69, 9.17) is 15.2 Å². The van der Waals surface area contributed by atoms with Crippen molar-refractivity contribution in [1.29, 1.82) is 0 Å². The molecule has 2 N–H and O–H groups in total. The highest BCUT2D eigenvalue weighted by molar-refractivity contribution is 5.81. The van der Waals surface area contributed by atoms with E-state index in [1.54, 1.807) is 12.0 Å². The number of hydrogen-bond acceptors (Lipinski definition) is 4. The van der Waals surface area contributed by atoms with E-state index >= 15 is 0 Å². The van der Waals surface area contributed by atoms with Gasteiger partial charge in [0.05, 0.1) is 13.2 Å². The van der Waals surface area contributed by atoms with Gasteiger partial charge in [-0.1, -0.05) is 18.2 Å². The lowest BCUT2D eigenvalue weighted by atomic mass is 10.1. The van der Waals surface area contributed by atoms with Crippen LogP contribution in [0.5, 0.6) is 5.75 Å². The highest BCUT2D eigenvalue weighted by Gasteiger charge is 2.31. The van der Waals surface area contributed by atoms with Gasteiger partial charge in [0.15, 0.2) is 0 Å². The summed E-state index contributed by atoms with van der Waals surface area (Å²) in [5.74, 6) is 0.902. The zero-order valence-corrected chi connectivity index (χ0v) is 12.7. The smallest absolute Gasteiger partial charge is 0.251 e. The number of hydrogen-bond donors (Lipinski definition) is 1. The summed E-state index contributed by atoms with van der Waals surface area (Å²) in [5, 5.41) is 0. The normalized spacial score (nSPS) is 21.3. The number of rotatable bonds is 6. The first-order valence-corrected chi connectivity index (χ1v) is 7.38. The fraction of sp³-hybridized carbons (Fsp3) is 0.562. The van der Waals surface area contributed by atoms with Gasteiger partial charge >= 0.3 is 0 Å². The molecular weight excluding hydrogens is 268 g/mol. The average Bonchev–Trinajstić information content (AvgIpc) is 3.01. The number of nitrogens with two attached hydrogens (primary N) is 1. The van der Waals surface area contributed by atoms with E-state index in [2.05, 4.69) is 0 Å². The summed E-state index contributed by atoms with van der Waals surface area (Å²) in [6.45, 7) is 1.13. The fourth-order valence-corrected chi connectivity index (χ4v) is 2.61. The van der Waals surface area contributed by atoms with Gasteiger partial charge in [-0.3, -0.25) is 4.79 Å². The van der Waals surface area contributed by atoms with Crippen LogP contribution in [-0.2, 0) is 16.0 Å². The van der Waals surface area contributed by atoms with E-state index in [0.717, 1.165) is 30.6 Å². The van der Waals surface area contributed by atoms with Gasteiger partial charge in [-0.05, 0) is 30.9 Å². The number of benzene rings is 1. The lowest BCUT2D eigenvalue weighted by Gasteiger charge is -2.21. The van der Waals surface area contributed by atoms with Crippen LogP contribution < -0.4 is 10.5 Å². The third kappa shape index (κ3) is 3.95. The Hall–Kier alpha value is -1.59. The number of para-hydroxylation sites is 1. The van der Waals surface area contributed by atoms with Crippen molar-refractivity contribution in [2.45, 2.75) is 31.5 Å². The number of amides is 1. The van der Waals surface area contributed by atoms with Crippen molar-refractivity contribution in [3.05, 3.63) is 29.8 Å². The first-order chi connectivity index (χ1) is 10.2. The van der Waals surface area contributed by atoms with Crippen LogP contribution in [0.3, 0.4) is 0 Å². The summed E-state index contributed by atoms with van der Waals surface area (Å²) in [6, 6.07) is 7.87. The predicted octanol–water partition coefficient (Wildman–Crippen LogP) is 1.20. The van der Waals surface area contributed by atoms with Gasteiger partial charge in [-0.25, -0.2) is 0 Å². The zero-order valence-electron chi connectivity index (χ0n) is 12.7. The van der Waals surface area contributed by atoms with Crippen molar-refractivity contribution >= 4 is 5.91 Å². The molecule has 21 heavy (non-hydrogen) atoms. The summed E-state index contributed by atoms with van der Waals surface area (Å²) in [6.07, 6.45) is 2.09. The Kier molecular flexibility index (Phi) is 5.59. The Morgan fingerprint density at radius 3 is 2.86 bits per heavy atom. The second-order valence-electron chi connectivity index (χ2n) is 5.38. The number of likely N-dealkylation sites (N-methyl/N-ethyl adjacent to an activating group) is 1. The van der Waals surface area contributed by atoms with Crippen LogP contribution in [0.1, 0.15) is 18.4 Å². The minimum absolute atomic E-state index is 0.0292. The third-order valence-corrected chi connectivity index (χ3v) is 3.93. The van der Waals surface area contributed by atoms with Crippen LogP contribution >= 0.6 is 0 Å². The molecule has 1 aliphatic rings. The van der Waals surface area contributed by atoms with Gasteiger partial charge in [0, 0.05) is 20.1 Å². The average molecular weight is 292 g/mol. The molecule has 2 rings (SSSR count). The number of methoxy groups -OCH3 is 1. The van der Waals surface area contributed by atoms with Crippen molar-refractivity contribution in [2.75, 3.05) is 27.2 Å². The molecule has 0 unspecified atom stereocenters. The van der Waals surface area contributed by atoms with Crippen LogP contribution in [0, 0.1) is 0 Å². The van der Waals surface area contributed by atoms with Crippen LogP contribution in [0.25, 0.3) is 0 Å².